The zero-order valence-electron chi connectivity index (χ0n) is 11.8. The Balaban J connectivity index is 2.27. The van der Waals surface area contributed by atoms with Crippen LogP contribution >= 0.6 is 23.2 Å². The summed E-state index contributed by atoms with van der Waals surface area (Å²) in [4.78, 5) is 0. The largest absolute Gasteiger partial charge is 0.310 e. The summed E-state index contributed by atoms with van der Waals surface area (Å²) in [6.07, 6.45) is 0.870. The molecule has 0 bridgehead atoms. The highest BCUT2D eigenvalue weighted by atomic mass is 35.5. The predicted molar refractivity (Wildman–Crippen MR) is 87.8 cm³/mol. The van der Waals surface area contributed by atoms with Crippen molar-refractivity contribution in [3.63, 3.8) is 0 Å². The first-order valence-corrected chi connectivity index (χ1v) is 7.60. The fourth-order valence-corrected chi connectivity index (χ4v) is 2.65. The molecule has 0 saturated carbocycles. The number of hydrogen-bond acceptors (Lipinski definition) is 1. The van der Waals surface area contributed by atoms with E-state index in [1.54, 1.807) is 0 Å². The molecular formula is C17H19Cl2N. The maximum Gasteiger partial charge on any atom is 0.0438 e. The summed E-state index contributed by atoms with van der Waals surface area (Å²) in [6.45, 7) is 5.06. The predicted octanol–water partition coefficient (Wildman–Crippen LogP) is 5.20. The first-order valence-electron chi connectivity index (χ1n) is 6.84. The van der Waals surface area contributed by atoms with Gasteiger partial charge in [-0.25, -0.2) is 0 Å². The van der Waals surface area contributed by atoms with E-state index in [4.69, 9.17) is 23.2 Å². The van der Waals surface area contributed by atoms with Crippen LogP contribution in [-0.4, -0.2) is 6.54 Å². The molecule has 20 heavy (non-hydrogen) atoms. The van der Waals surface area contributed by atoms with Gasteiger partial charge in [-0.05, 0) is 48.7 Å². The van der Waals surface area contributed by atoms with E-state index in [2.05, 4.69) is 30.4 Å². The minimum atomic E-state index is 0.246. The molecular weight excluding hydrogens is 289 g/mol. The summed E-state index contributed by atoms with van der Waals surface area (Å²) in [5.41, 5.74) is 3.51. The Labute approximate surface area is 130 Å². The van der Waals surface area contributed by atoms with Gasteiger partial charge in [0.1, 0.15) is 0 Å². The van der Waals surface area contributed by atoms with Gasteiger partial charge in [0.15, 0.2) is 0 Å². The number of likely N-dealkylation sites (N-methyl/N-ethyl adjacent to an activating group) is 1. The molecule has 1 unspecified atom stereocenters. The van der Waals surface area contributed by atoms with E-state index in [1.165, 1.54) is 5.56 Å². The Bertz CT molecular complexity index is 581. The molecule has 1 atom stereocenters. The standard InChI is InChI=1S/C17H19Cl2N/c1-3-20-17(11-13-6-4-5-7-16(13)19)14-8-9-15(18)12(2)10-14/h4-10,17,20H,3,11H2,1-2H3. The Kier molecular flexibility index (Phi) is 5.47. The molecule has 0 aliphatic heterocycles. The molecule has 0 aliphatic carbocycles. The van der Waals surface area contributed by atoms with E-state index in [1.807, 2.05) is 31.2 Å². The van der Waals surface area contributed by atoms with Crippen LogP contribution in [0.25, 0.3) is 0 Å². The molecule has 0 radical (unpaired) electrons. The lowest BCUT2D eigenvalue weighted by molar-refractivity contribution is 0.549. The average Bonchev–Trinajstić information content (AvgIpc) is 2.44. The zero-order valence-corrected chi connectivity index (χ0v) is 13.3. The van der Waals surface area contributed by atoms with Gasteiger partial charge in [0, 0.05) is 16.1 Å². The lowest BCUT2D eigenvalue weighted by Gasteiger charge is -2.20. The van der Waals surface area contributed by atoms with Gasteiger partial charge in [-0.1, -0.05) is 60.5 Å². The van der Waals surface area contributed by atoms with Crippen molar-refractivity contribution in [3.05, 3.63) is 69.2 Å². The molecule has 0 heterocycles. The van der Waals surface area contributed by atoms with Crippen molar-refractivity contribution in [2.75, 3.05) is 6.54 Å². The normalized spacial score (nSPS) is 12.4. The van der Waals surface area contributed by atoms with Crippen molar-refractivity contribution in [2.24, 2.45) is 0 Å². The van der Waals surface area contributed by atoms with Crippen molar-refractivity contribution >= 4 is 23.2 Å². The smallest absolute Gasteiger partial charge is 0.0438 e. The fraction of sp³-hybridized carbons (Fsp3) is 0.294. The highest BCUT2D eigenvalue weighted by Gasteiger charge is 2.13. The highest BCUT2D eigenvalue weighted by molar-refractivity contribution is 6.31. The summed E-state index contributed by atoms with van der Waals surface area (Å²) in [5.74, 6) is 0. The SMILES string of the molecule is CCNC(Cc1ccccc1Cl)c1ccc(Cl)c(C)c1. The summed E-state index contributed by atoms with van der Waals surface area (Å²) >= 11 is 12.4. The minimum Gasteiger partial charge on any atom is -0.310 e. The number of hydrogen-bond donors (Lipinski definition) is 1. The first kappa shape index (κ1) is 15.4. The van der Waals surface area contributed by atoms with Crippen LogP contribution in [0.4, 0.5) is 0 Å². The Morgan fingerprint density at radius 2 is 1.80 bits per heavy atom. The molecule has 0 saturated heterocycles. The van der Waals surface area contributed by atoms with Crippen LogP contribution in [0.15, 0.2) is 42.5 Å². The zero-order chi connectivity index (χ0) is 14.5. The number of halogens is 2. The molecule has 0 aromatic heterocycles. The molecule has 0 aliphatic rings. The Morgan fingerprint density at radius 3 is 2.45 bits per heavy atom. The topological polar surface area (TPSA) is 12.0 Å². The molecule has 2 aromatic carbocycles. The summed E-state index contributed by atoms with van der Waals surface area (Å²) in [7, 11) is 0. The molecule has 3 heteroatoms. The van der Waals surface area contributed by atoms with E-state index in [0.29, 0.717) is 0 Å². The third-order valence-electron chi connectivity index (χ3n) is 3.42. The van der Waals surface area contributed by atoms with E-state index in [-0.39, 0.29) is 6.04 Å². The van der Waals surface area contributed by atoms with Crippen molar-refractivity contribution in [1.82, 2.24) is 5.32 Å². The Hall–Kier alpha value is -1.02. The van der Waals surface area contributed by atoms with E-state index < -0.39 is 0 Å². The number of nitrogens with one attached hydrogen (secondary N) is 1. The van der Waals surface area contributed by atoms with E-state index >= 15 is 0 Å². The lowest BCUT2D eigenvalue weighted by atomic mass is 9.97. The van der Waals surface area contributed by atoms with Crippen LogP contribution < -0.4 is 5.32 Å². The van der Waals surface area contributed by atoms with Gasteiger partial charge in [-0.3, -0.25) is 0 Å². The number of aryl methyl sites for hydroxylation is 1. The third-order valence-corrected chi connectivity index (χ3v) is 4.21. The second-order valence-corrected chi connectivity index (χ2v) is 5.73. The number of benzene rings is 2. The van der Waals surface area contributed by atoms with Crippen LogP contribution in [0.1, 0.15) is 29.7 Å². The lowest BCUT2D eigenvalue weighted by Crippen LogP contribution is -2.23. The molecule has 0 fully saturated rings. The van der Waals surface area contributed by atoms with E-state index in [0.717, 1.165) is 34.1 Å². The van der Waals surface area contributed by atoms with Crippen LogP contribution in [-0.2, 0) is 6.42 Å². The second-order valence-electron chi connectivity index (χ2n) is 4.91. The third kappa shape index (κ3) is 3.76. The molecule has 0 spiro atoms. The molecule has 1 N–H and O–H groups in total. The van der Waals surface area contributed by atoms with E-state index in [9.17, 15) is 0 Å². The number of rotatable bonds is 5. The second kappa shape index (κ2) is 7.12. The van der Waals surface area contributed by atoms with Gasteiger partial charge >= 0.3 is 0 Å². The maximum atomic E-state index is 6.26. The van der Waals surface area contributed by atoms with Crippen molar-refractivity contribution in [3.8, 4) is 0 Å². The van der Waals surface area contributed by atoms with Crippen LogP contribution in [0.5, 0.6) is 0 Å². The van der Waals surface area contributed by atoms with Gasteiger partial charge in [-0.2, -0.15) is 0 Å². The Morgan fingerprint density at radius 1 is 1.05 bits per heavy atom. The van der Waals surface area contributed by atoms with Crippen LogP contribution in [0.3, 0.4) is 0 Å². The van der Waals surface area contributed by atoms with Crippen molar-refractivity contribution in [1.29, 1.82) is 0 Å². The molecule has 0 amide bonds. The minimum absolute atomic E-state index is 0.246. The van der Waals surface area contributed by atoms with Gasteiger partial charge in [0.05, 0.1) is 0 Å². The van der Waals surface area contributed by atoms with Gasteiger partial charge in [0.2, 0.25) is 0 Å². The fourth-order valence-electron chi connectivity index (χ4n) is 2.32. The van der Waals surface area contributed by atoms with Crippen molar-refractivity contribution < 1.29 is 0 Å². The summed E-state index contributed by atoms with van der Waals surface area (Å²) in [5, 5.41) is 5.15. The molecule has 2 rings (SSSR count). The summed E-state index contributed by atoms with van der Waals surface area (Å²) in [6, 6.07) is 14.4. The van der Waals surface area contributed by atoms with Crippen LogP contribution in [0, 0.1) is 6.92 Å². The monoisotopic (exact) mass is 307 g/mol. The first-order chi connectivity index (χ1) is 9.61. The summed E-state index contributed by atoms with van der Waals surface area (Å²) < 4.78 is 0. The maximum absolute atomic E-state index is 6.26. The quantitative estimate of drug-likeness (QED) is 0.801. The average molecular weight is 308 g/mol. The van der Waals surface area contributed by atoms with Crippen LogP contribution in [0.2, 0.25) is 10.0 Å². The highest BCUT2D eigenvalue weighted by Crippen LogP contribution is 2.26. The molecule has 1 nitrogen and oxygen atoms in total. The van der Waals surface area contributed by atoms with Gasteiger partial charge < -0.3 is 5.32 Å². The molecule has 2 aromatic rings. The van der Waals surface area contributed by atoms with Gasteiger partial charge in [0.25, 0.3) is 0 Å². The van der Waals surface area contributed by atoms with Gasteiger partial charge in [-0.15, -0.1) is 0 Å². The van der Waals surface area contributed by atoms with Crippen molar-refractivity contribution in [2.45, 2.75) is 26.3 Å². The molecule has 106 valence electrons.